The summed E-state index contributed by atoms with van der Waals surface area (Å²) in [5, 5.41) is 3.23. The topological polar surface area (TPSA) is 49.4 Å². The van der Waals surface area contributed by atoms with E-state index < -0.39 is 10.0 Å². The molecule has 1 aliphatic heterocycles. The van der Waals surface area contributed by atoms with Crippen LogP contribution in [0.4, 0.5) is 0 Å². The molecule has 0 bridgehead atoms. The fourth-order valence-corrected chi connectivity index (χ4v) is 5.76. The quantitative estimate of drug-likeness (QED) is 0.836. The van der Waals surface area contributed by atoms with Gasteiger partial charge in [-0.2, -0.15) is 4.31 Å². The van der Waals surface area contributed by atoms with Gasteiger partial charge in [-0.05, 0) is 37.4 Å². The highest BCUT2D eigenvalue weighted by Gasteiger charge is 2.30. The maximum Gasteiger partial charge on any atom is 0.252 e. The van der Waals surface area contributed by atoms with E-state index in [1.807, 2.05) is 13.0 Å². The number of sulfonamides is 1. The average molecular weight is 331 g/mol. The number of nitrogens with zero attached hydrogens (tertiary/aromatic N) is 1. The van der Waals surface area contributed by atoms with Crippen LogP contribution in [0.3, 0.4) is 0 Å². The van der Waals surface area contributed by atoms with Crippen LogP contribution in [0, 0.1) is 5.92 Å². The van der Waals surface area contributed by atoms with Crippen molar-refractivity contribution in [1.82, 2.24) is 9.62 Å². The maximum absolute atomic E-state index is 12.7. The number of thiophene rings is 1. The zero-order chi connectivity index (χ0) is 15.3. The molecule has 0 aliphatic carbocycles. The van der Waals surface area contributed by atoms with Gasteiger partial charge in [-0.1, -0.05) is 26.7 Å². The number of nitrogens with one attached hydrogen (secondary N) is 1. The third kappa shape index (κ3) is 4.28. The van der Waals surface area contributed by atoms with E-state index in [2.05, 4.69) is 12.2 Å². The normalized spacial score (nSPS) is 18.2. The molecule has 2 rings (SSSR count). The lowest BCUT2D eigenvalue weighted by Crippen LogP contribution is -2.38. The van der Waals surface area contributed by atoms with E-state index in [0.29, 0.717) is 23.2 Å². The fraction of sp³-hybridized carbons (Fsp3) is 0.733. The van der Waals surface area contributed by atoms with Crippen LogP contribution in [-0.2, 0) is 16.6 Å². The van der Waals surface area contributed by atoms with Gasteiger partial charge in [0.25, 0.3) is 10.0 Å². The van der Waals surface area contributed by atoms with Crippen molar-refractivity contribution in [1.29, 1.82) is 0 Å². The van der Waals surface area contributed by atoms with E-state index in [0.717, 1.165) is 30.8 Å². The molecule has 1 N–H and O–H groups in total. The van der Waals surface area contributed by atoms with Crippen molar-refractivity contribution < 1.29 is 8.42 Å². The summed E-state index contributed by atoms with van der Waals surface area (Å²) >= 11 is 1.39. The van der Waals surface area contributed by atoms with Crippen molar-refractivity contribution in [2.75, 3.05) is 19.6 Å². The molecule has 1 aromatic heterocycles. The number of hydrogen-bond donors (Lipinski definition) is 1. The molecule has 1 aromatic rings. The lowest BCUT2D eigenvalue weighted by molar-refractivity contribution is 0.263. The van der Waals surface area contributed by atoms with Crippen molar-refractivity contribution >= 4 is 21.4 Å². The molecule has 0 radical (unpaired) electrons. The summed E-state index contributed by atoms with van der Waals surface area (Å²) in [6, 6.07) is 3.68. The minimum Gasteiger partial charge on any atom is -0.312 e. The van der Waals surface area contributed by atoms with E-state index in [1.165, 1.54) is 24.2 Å². The van der Waals surface area contributed by atoms with Crippen molar-refractivity contribution in [3.8, 4) is 0 Å². The summed E-state index contributed by atoms with van der Waals surface area (Å²) in [6.07, 6.45) is 4.42. The Hall–Kier alpha value is -0.430. The molecule has 1 fully saturated rings. The largest absolute Gasteiger partial charge is 0.312 e. The van der Waals surface area contributed by atoms with Crippen LogP contribution in [0.2, 0.25) is 0 Å². The summed E-state index contributed by atoms with van der Waals surface area (Å²) in [4.78, 5) is 1.08. The van der Waals surface area contributed by atoms with Crippen LogP contribution < -0.4 is 5.32 Å². The highest BCUT2D eigenvalue weighted by Crippen LogP contribution is 2.29. The Labute approximate surface area is 132 Å². The lowest BCUT2D eigenvalue weighted by Gasteiger charge is -2.30. The van der Waals surface area contributed by atoms with E-state index in [-0.39, 0.29) is 0 Å². The van der Waals surface area contributed by atoms with Gasteiger partial charge in [0, 0.05) is 24.5 Å². The second-order valence-electron chi connectivity index (χ2n) is 5.64. The summed E-state index contributed by atoms with van der Waals surface area (Å²) in [7, 11) is -3.28. The predicted molar refractivity (Wildman–Crippen MR) is 88.1 cm³/mol. The van der Waals surface area contributed by atoms with Gasteiger partial charge in [0.15, 0.2) is 0 Å². The first-order chi connectivity index (χ1) is 10.1. The molecule has 21 heavy (non-hydrogen) atoms. The molecular formula is C15H26N2O2S2. The monoisotopic (exact) mass is 330 g/mol. The van der Waals surface area contributed by atoms with Crippen LogP contribution >= 0.6 is 11.3 Å². The van der Waals surface area contributed by atoms with Crippen molar-refractivity contribution in [2.45, 2.75) is 50.3 Å². The van der Waals surface area contributed by atoms with Crippen LogP contribution in [-0.4, -0.2) is 32.4 Å². The van der Waals surface area contributed by atoms with E-state index >= 15 is 0 Å². The molecule has 0 spiro atoms. The first-order valence-electron chi connectivity index (χ1n) is 7.87. The Balaban J connectivity index is 2.00. The minimum atomic E-state index is -3.28. The molecule has 0 atom stereocenters. The Morgan fingerprint density at radius 1 is 1.29 bits per heavy atom. The second kappa shape index (κ2) is 7.72. The zero-order valence-electron chi connectivity index (χ0n) is 13.0. The van der Waals surface area contributed by atoms with Crippen LogP contribution in [0.1, 0.15) is 44.4 Å². The summed E-state index contributed by atoms with van der Waals surface area (Å²) in [6.45, 7) is 7.23. The molecule has 1 saturated heterocycles. The van der Waals surface area contributed by atoms with Gasteiger partial charge in [0.2, 0.25) is 0 Å². The van der Waals surface area contributed by atoms with Gasteiger partial charge in [-0.3, -0.25) is 0 Å². The average Bonchev–Trinajstić information content (AvgIpc) is 2.96. The highest BCUT2D eigenvalue weighted by molar-refractivity contribution is 7.91. The van der Waals surface area contributed by atoms with Crippen molar-refractivity contribution in [2.24, 2.45) is 5.92 Å². The Kier molecular flexibility index (Phi) is 6.22. The van der Waals surface area contributed by atoms with Gasteiger partial charge >= 0.3 is 0 Å². The summed E-state index contributed by atoms with van der Waals surface area (Å²) in [5.41, 5.74) is 0. The Morgan fingerprint density at radius 3 is 2.62 bits per heavy atom. The van der Waals surface area contributed by atoms with E-state index in [1.54, 1.807) is 10.4 Å². The zero-order valence-corrected chi connectivity index (χ0v) is 14.6. The standard InChI is InChI=1S/C15H26N2O2S2/c1-3-5-13-8-10-17(11-9-13)21(18,19)15-7-6-14(20-15)12-16-4-2/h6-7,13,16H,3-5,8-12H2,1-2H3. The lowest BCUT2D eigenvalue weighted by atomic mass is 9.94. The molecular weight excluding hydrogens is 304 g/mol. The van der Waals surface area contributed by atoms with Crippen molar-refractivity contribution in [3.05, 3.63) is 17.0 Å². The number of piperidine rings is 1. The third-order valence-electron chi connectivity index (χ3n) is 4.05. The molecule has 2 heterocycles. The number of hydrogen-bond acceptors (Lipinski definition) is 4. The van der Waals surface area contributed by atoms with Gasteiger partial charge in [-0.25, -0.2) is 8.42 Å². The second-order valence-corrected chi connectivity index (χ2v) is 8.97. The third-order valence-corrected chi connectivity index (χ3v) is 7.50. The molecule has 120 valence electrons. The Bertz CT molecular complexity index is 532. The predicted octanol–water partition coefficient (Wildman–Crippen LogP) is 3.06. The summed E-state index contributed by atoms with van der Waals surface area (Å²) < 4.78 is 27.5. The Morgan fingerprint density at radius 2 is 2.00 bits per heavy atom. The SMILES string of the molecule is CCCC1CCN(S(=O)(=O)c2ccc(CNCC)s2)CC1. The van der Waals surface area contributed by atoms with Gasteiger partial charge in [-0.15, -0.1) is 11.3 Å². The maximum atomic E-state index is 12.7. The molecule has 0 amide bonds. The van der Waals surface area contributed by atoms with Crippen molar-refractivity contribution in [3.63, 3.8) is 0 Å². The molecule has 0 saturated carbocycles. The first kappa shape index (κ1) is 16.9. The van der Waals surface area contributed by atoms with Gasteiger partial charge in [0.05, 0.1) is 0 Å². The smallest absolute Gasteiger partial charge is 0.252 e. The minimum absolute atomic E-state index is 0.490. The first-order valence-corrected chi connectivity index (χ1v) is 10.1. The van der Waals surface area contributed by atoms with E-state index in [9.17, 15) is 8.42 Å². The molecule has 1 aliphatic rings. The van der Waals surface area contributed by atoms with E-state index in [4.69, 9.17) is 0 Å². The molecule has 4 nitrogen and oxygen atoms in total. The van der Waals surface area contributed by atoms with Crippen LogP contribution in [0.25, 0.3) is 0 Å². The highest BCUT2D eigenvalue weighted by atomic mass is 32.2. The molecule has 6 heteroatoms. The fourth-order valence-electron chi connectivity index (χ4n) is 2.81. The van der Waals surface area contributed by atoms with Crippen LogP contribution in [0.5, 0.6) is 0 Å². The molecule has 0 aromatic carbocycles. The number of rotatable bonds is 7. The molecule has 0 unspecified atom stereocenters. The summed E-state index contributed by atoms with van der Waals surface area (Å²) in [5.74, 6) is 0.703. The van der Waals surface area contributed by atoms with Crippen LogP contribution in [0.15, 0.2) is 16.3 Å². The van der Waals surface area contributed by atoms with Gasteiger partial charge < -0.3 is 5.32 Å². The van der Waals surface area contributed by atoms with Gasteiger partial charge in [0.1, 0.15) is 4.21 Å².